The Bertz CT molecular complexity index is 647. The number of hydrogen-bond acceptors (Lipinski definition) is 3. The first-order valence-corrected chi connectivity index (χ1v) is 7.15. The number of carbonyl (C=O) groups is 1. The Kier molecular flexibility index (Phi) is 5.81. The molecule has 0 aliphatic heterocycles. The van der Waals surface area contributed by atoms with E-state index in [1.54, 1.807) is 41.7 Å². The Balaban J connectivity index is 2.02. The van der Waals surface area contributed by atoms with Crippen molar-refractivity contribution in [3.63, 3.8) is 0 Å². The highest BCUT2D eigenvalue weighted by Gasteiger charge is 2.46. The molecule has 0 spiro atoms. The molecule has 2 atom stereocenters. The van der Waals surface area contributed by atoms with Gasteiger partial charge in [-0.1, -0.05) is 60.7 Å². The van der Waals surface area contributed by atoms with Crippen LogP contribution >= 0.6 is 0 Å². The lowest BCUT2D eigenvalue weighted by Gasteiger charge is -2.26. The van der Waals surface area contributed by atoms with Gasteiger partial charge in [-0.25, -0.2) is 4.79 Å². The van der Waals surface area contributed by atoms with Gasteiger partial charge in [0.1, 0.15) is 12.7 Å². The van der Waals surface area contributed by atoms with E-state index in [2.05, 4.69) is 0 Å². The second-order valence-electron chi connectivity index (χ2n) is 5.08. The highest BCUT2D eigenvalue weighted by molar-refractivity contribution is 5.68. The smallest absolute Gasteiger partial charge is 0.411 e. The van der Waals surface area contributed by atoms with Crippen molar-refractivity contribution in [2.45, 2.75) is 24.9 Å². The van der Waals surface area contributed by atoms with Crippen molar-refractivity contribution in [1.29, 1.82) is 0 Å². The fourth-order valence-corrected chi connectivity index (χ4v) is 2.07. The van der Waals surface area contributed by atoms with Crippen molar-refractivity contribution in [2.75, 3.05) is 0 Å². The Morgan fingerprint density at radius 1 is 1.04 bits per heavy atom. The van der Waals surface area contributed by atoms with Crippen LogP contribution in [0.5, 0.6) is 0 Å². The number of alkyl halides is 3. The van der Waals surface area contributed by atoms with E-state index in [0.717, 1.165) is 0 Å². The molecule has 2 N–H and O–H groups in total. The lowest BCUT2D eigenvalue weighted by atomic mass is 10.0. The number of nitrogens with one attached hydrogen (secondary N) is 1. The van der Waals surface area contributed by atoms with Gasteiger partial charge < -0.3 is 15.2 Å². The average molecular weight is 339 g/mol. The number of alkyl carbamates (subject to hydrolysis) is 1. The number of carbonyl (C=O) groups excluding carboxylic acids is 1. The second kappa shape index (κ2) is 7.83. The van der Waals surface area contributed by atoms with E-state index in [-0.39, 0.29) is 12.2 Å². The minimum absolute atomic E-state index is 0.0446. The normalized spacial score (nSPS) is 13.8. The molecule has 2 aromatic rings. The topological polar surface area (TPSA) is 58.6 Å². The van der Waals surface area contributed by atoms with Crippen LogP contribution in [0.25, 0.3) is 0 Å². The molecule has 0 aromatic heterocycles. The summed E-state index contributed by atoms with van der Waals surface area (Å²) in [5.74, 6) is 0. The summed E-state index contributed by atoms with van der Waals surface area (Å²) in [5, 5.41) is 11.6. The van der Waals surface area contributed by atoms with Crippen molar-refractivity contribution < 1.29 is 27.8 Å². The van der Waals surface area contributed by atoms with Crippen LogP contribution in [0.2, 0.25) is 0 Å². The van der Waals surface area contributed by atoms with Crippen LogP contribution in [0.1, 0.15) is 17.2 Å². The molecule has 2 rings (SSSR count). The summed E-state index contributed by atoms with van der Waals surface area (Å²) in [5.41, 5.74) is 0.683. The number of rotatable bonds is 5. The van der Waals surface area contributed by atoms with E-state index in [1.165, 1.54) is 24.3 Å². The number of amides is 1. The molecular weight excluding hydrogens is 323 g/mol. The number of hydrogen-bond donors (Lipinski definition) is 2. The van der Waals surface area contributed by atoms with E-state index in [4.69, 9.17) is 4.74 Å². The van der Waals surface area contributed by atoms with Crippen LogP contribution in [0.4, 0.5) is 18.0 Å². The number of halogens is 3. The number of aliphatic hydroxyl groups is 1. The second-order valence-corrected chi connectivity index (χ2v) is 5.08. The summed E-state index contributed by atoms with van der Waals surface area (Å²) >= 11 is 0. The monoisotopic (exact) mass is 339 g/mol. The zero-order valence-corrected chi connectivity index (χ0v) is 12.5. The van der Waals surface area contributed by atoms with Gasteiger partial charge in [0.15, 0.2) is 6.04 Å². The van der Waals surface area contributed by atoms with Gasteiger partial charge in [0.05, 0.1) is 0 Å². The maximum Gasteiger partial charge on any atom is 0.411 e. The van der Waals surface area contributed by atoms with Gasteiger partial charge in [-0.3, -0.25) is 0 Å². The molecule has 4 nitrogen and oxygen atoms in total. The van der Waals surface area contributed by atoms with Crippen LogP contribution in [-0.2, 0) is 11.3 Å². The Hall–Kier alpha value is -2.54. The quantitative estimate of drug-likeness (QED) is 0.875. The van der Waals surface area contributed by atoms with E-state index in [9.17, 15) is 23.1 Å². The third-order valence-corrected chi connectivity index (χ3v) is 3.30. The van der Waals surface area contributed by atoms with Crippen LogP contribution < -0.4 is 5.32 Å². The van der Waals surface area contributed by atoms with Gasteiger partial charge in [0.25, 0.3) is 0 Å². The average Bonchev–Trinajstić information content (AvgIpc) is 2.58. The van der Waals surface area contributed by atoms with Crippen LogP contribution in [0, 0.1) is 0 Å². The molecule has 24 heavy (non-hydrogen) atoms. The van der Waals surface area contributed by atoms with Crippen LogP contribution in [0.15, 0.2) is 60.7 Å². The molecule has 128 valence electrons. The fraction of sp³-hybridized carbons (Fsp3) is 0.235. The van der Waals surface area contributed by atoms with E-state index in [1.807, 2.05) is 0 Å². The maximum atomic E-state index is 13.1. The Morgan fingerprint density at radius 2 is 1.58 bits per heavy atom. The van der Waals surface area contributed by atoms with E-state index < -0.39 is 24.4 Å². The SMILES string of the molecule is O=C(N[C@H]([C@@H](O)c1ccccc1)C(F)(F)F)OCc1ccccc1. The molecule has 0 heterocycles. The Labute approximate surface area is 136 Å². The maximum absolute atomic E-state index is 13.1. The van der Waals surface area contributed by atoms with Crippen molar-refractivity contribution in [1.82, 2.24) is 5.32 Å². The Morgan fingerprint density at radius 3 is 2.12 bits per heavy atom. The fourth-order valence-electron chi connectivity index (χ4n) is 2.07. The van der Waals surface area contributed by atoms with E-state index in [0.29, 0.717) is 5.56 Å². The number of benzene rings is 2. The molecule has 0 aliphatic carbocycles. The van der Waals surface area contributed by atoms with Crippen molar-refractivity contribution >= 4 is 6.09 Å². The molecule has 0 unspecified atom stereocenters. The van der Waals surface area contributed by atoms with Gasteiger partial charge in [0.2, 0.25) is 0 Å². The molecule has 0 aliphatic rings. The summed E-state index contributed by atoms with van der Waals surface area (Å²) in [7, 11) is 0. The molecule has 0 fully saturated rings. The largest absolute Gasteiger partial charge is 0.445 e. The third-order valence-electron chi connectivity index (χ3n) is 3.30. The first-order valence-electron chi connectivity index (χ1n) is 7.15. The minimum Gasteiger partial charge on any atom is -0.445 e. The highest BCUT2D eigenvalue weighted by Crippen LogP contribution is 2.30. The first-order chi connectivity index (χ1) is 11.4. The summed E-state index contributed by atoms with van der Waals surface area (Å²) < 4.78 is 44.2. The van der Waals surface area contributed by atoms with Gasteiger partial charge in [-0.05, 0) is 11.1 Å². The third kappa shape index (κ3) is 4.99. The standard InChI is InChI=1S/C17H16F3NO3/c18-17(19,20)15(14(22)13-9-5-2-6-10-13)21-16(23)24-11-12-7-3-1-4-8-12/h1-10,14-15,22H,11H2,(H,21,23)/t14-,15+/m0/s1. The summed E-state index contributed by atoms with van der Waals surface area (Å²) in [6, 6.07) is 13.4. The lowest BCUT2D eigenvalue weighted by Crippen LogP contribution is -2.49. The van der Waals surface area contributed by atoms with Crippen molar-refractivity contribution in [3.05, 3.63) is 71.8 Å². The minimum atomic E-state index is -4.83. The summed E-state index contributed by atoms with van der Waals surface area (Å²) in [6.45, 7) is -0.168. The lowest BCUT2D eigenvalue weighted by molar-refractivity contribution is -0.177. The zero-order valence-electron chi connectivity index (χ0n) is 12.5. The van der Waals surface area contributed by atoms with Gasteiger partial charge in [0, 0.05) is 0 Å². The molecule has 1 amide bonds. The molecule has 2 aromatic carbocycles. The summed E-state index contributed by atoms with van der Waals surface area (Å²) in [6.07, 6.45) is -8.02. The van der Waals surface area contributed by atoms with Crippen LogP contribution in [0.3, 0.4) is 0 Å². The molecule has 0 saturated heterocycles. The molecule has 0 bridgehead atoms. The molecular formula is C17H16F3NO3. The summed E-state index contributed by atoms with van der Waals surface area (Å²) in [4.78, 5) is 11.7. The predicted octanol–water partition coefficient (Wildman–Crippen LogP) is 3.58. The molecule has 0 saturated carbocycles. The van der Waals surface area contributed by atoms with Gasteiger partial charge in [-0.15, -0.1) is 0 Å². The van der Waals surface area contributed by atoms with Crippen molar-refractivity contribution in [3.8, 4) is 0 Å². The van der Waals surface area contributed by atoms with Gasteiger partial charge in [-0.2, -0.15) is 13.2 Å². The number of ether oxygens (including phenoxy) is 1. The first kappa shape index (κ1) is 17.8. The van der Waals surface area contributed by atoms with E-state index >= 15 is 0 Å². The predicted molar refractivity (Wildman–Crippen MR) is 81.0 cm³/mol. The van der Waals surface area contributed by atoms with Crippen LogP contribution in [-0.4, -0.2) is 23.4 Å². The van der Waals surface area contributed by atoms with Crippen molar-refractivity contribution in [2.24, 2.45) is 0 Å². The van der Waals surface area contributed by atoms with Gasteiger partial charge >= 0.3 is 12.3 Å². The zero-order chi connectivity index (χ0) is 17.6. The highest BCUT2D eigenvalue weighted by atomic mass is 19.4. The molecule has 7 heteroatoms. The number of aliphatic hydroxyl groups excluding tert-OH is 1. The molecule has 0 radical (unpaired) electrons.